The minimum atomic E-state index is -0.282. The molecule has 0 spiro atoms. The number of fused-ring (bicyclic) bond motifs is 1. The topological polar surface area (TPSA) is 44.5 Å². The Kier molecular flexibility index (Phi) is 4.38. The van der Waals surface area contributed by atoms with Crippen molar-refractivity contribution in [1.82, 2.24) is 0 Å². The summed E-state index contributed by atoms with van der Waals surface area (Å²) in [5.74, 6) is 1.52. The van der Waals surface area contributed by atoms with E-state index in [4.69, 9.17) is 26.8 Å². The predicted octanol–water partition coefficient (Wildman–Crippen LogP) is 4.31. The van der Waals surface area contributed by atoms with Crippen molar-refractivity contribution in [2.75, 3.05) is 13.2 Å². The van der Waals surface area contributed by atoms with E-state index in [2.05, 4.69) is 15.9 Å². The van der Waals surface area contributed by atoms with Crippen molar-refractivity contribution in [3.8, 4) is 11.5 Å². The molecule has 0 aromatic heterocycles. The first-order chi connectivity index (χ1) is 10.1. The first-order valence-corrected chi connectivity index (χ1v) is 7.92. The minimum Gasteiger partial charge on any atom is -0.490 e. The van der Waals surface area contributed by atoms with Crippen LogP contribution in [0, 0.1) is 0 Å². The molecule has 0 saturated heterocycles. The standard InChI is InChI=1S/C16H15BrClNO2/c17-13-4-3-11(18)9-12(13)16(19)10-2-5-14-15(8-10)21-7-1-6-20-14/h2-5,8-9,16H,1,6-7,19H2. The lowest BCUT2D eigenvalue weighted by Gasteiger charge is -2.17. The molecule has 1 aliphatic rings. The zero-order valence-electron chi connectivity index (χ0n) is 11.3. The summed E-state index contributed by atoms with van der Waals surface area (Å²) in [6.07, 6.45) is 0.885. The normalized spacial score (nSPS) is 15.4. The van der Waals surface area contributed by atoms with Crippen LogP contribution >= 0.6 is 27.5 Å². The summed E-state index contributed by atoms with van der Waals surface area (Å²) < 4.78 is 12.3. The Morgan fingerprint density at radius 1 is 1.05 bits per heavy atom. The second-order valence-corrected chi connectivity index (χ2v) is 6.19. The molecule has 0 fully saturated rings. The smallest absolute Gasteiger partial charge is 0.161 e. The molecule has 0 bridgehead atoms. The van der Waals surface area contributed by atoms with Gasteiger partial charge in [0, 0.05) is 15.9 Å². The molecule has 1 unspecified atom stereocenters. The van der Waals surface area contributed by atoms with Crippen LogP contribution < -0.4 is 15.2 Å². The monoisotopic (exact) mass is 367 g/mol. The van der Waals surface area contributed by atoms with E-state index >= 15 is 0 Å². The van der Waals surface area contributed by atoms with E-state index in [-0.39, 0.29) is 6.04 Å². The quantitative estimate of drug-likeness (QED) is 0.859. The third-order valence-corrected chi connectivity index (χ3v) is 4.38. The van der Waals surface area contributed by atoms with Crippen LogP contribution in [0.25, 0.3) is 0 Å². The van der Waals surface area contributed by atoms with Gasteiger partial charge in [0.25, 0.3) is 0 Å². The molecule has 1 atom stereocenters. The van der Waals surface area contributed by atoms with Crippen molar-refractivity contribution in [2.24, 2.45) is 5.73 Å². The van der Waals surface area contributed by atoms with Crippen molar-refractivity contribution in [3.05, 3.63) is 57.0 Å². The zero-order chi connectivity index (χ0) is 14.8. The minimum absolute atomic E-state index is 0.282. The predicted molar refractivity (Wildman–Crippen MR) is 87.2 cm³/mol. The fourth-order valence-electron chi connectivity index (χ4n) is 2.31. The van der Waals surface area contributed by atoms with E-state index in [1.54, 1.807) is 0 Å². The van der Waals surface area contributed by atoms with Gasteiger partial charge in [-0.3, -0.25) is 0 Å². The molecule has 1 aliphatic heterocycles. The third-order valence-electron chi connectivity index (χ3n) is 3.42. The van der Waals surface area contributed by atoms with Crippen LogP contribution in [0.3, 0.4) is 0 Å². The number of hydrogen-bond acceptors (Lipinski definition) is 3. The molecule has 3 rings (SSSR count). The zero-order valence-corrected chi connectivity index (χ0v) is 13.7. The molecule has 2 N–H and O–H groups in total. The lowest BCUT2D eigenvalue weighted by molar-refractivity contribution is 0.297. The number of halogens is 2. The Labute approximate surface area is 137 Å². The molecular formula is C16H15BrClNO2. The van der Waals surface area contributed by atoms with E-state index in [1.807, 2.05) is 36.4 Å². The highest BCUT2D eigenvalue weighted by Gasteiger charge is 2.17. The molecule has 3 nitrogen and oxygen atoms in total. The summed E-state index contributed by atoms with van der Waals surface area (Å²) in [7, 11) is 0. The van der Waals surface area contributed by atoms with Gasteiger partial charge in [-0.25, -0.2) is 0 Å². The molecule has 21 heavy (non-hydrogen) atoms. The van der Waals surface area contributed by atoms with E-state index in [0.29, 0.717) is 18.2 Å². The van der Waals surface area contributed by atoms with Crippen LogP contribution in [-0.4, -0.2) is 13.2 Å². The first-order valence-electron chi connectivity index (χ1n) is 6.75. The van der Waals surface area contributed by atoms with Gasteiger partial charge < -0.3 is 15.2 Å². The summed E-state index contributed by atoms with van der Waals surface area (Å²) >= 11 is 9.59. The molecule has 0 saturated carbocycles. The second-order valence-electron chi connectivity index (χ2n) is 4.90. The van der Waals surface area contributed by atoms with Crippen LogP contribution in [0.15, 0.2) is 40.9 Å². The fourth-order valence-corrected chi connectivity index (χ4v) is 2.98. The van der Waals surface area contributed by atoms with E-state index in [9.17, 15) is 0 Å². The number of hydrogen-bond donors (Lipinski definition) is 1. The number of nitrogens with two attached hydrogens (primary N) is 1. The lowest BCUT2D eigenvalue weighted by atomic mass is 9.99. The SMILES string of the molecule is NC(c1ccc2c(c1)OCCCO2)c1cc(Cl)ccc1Br. The maximum absolute atomic E-state index is 6.37. The van der Waals surface area contributed by atoms with E-state index in [1.165, 1.54) is 0 Å². The summed E-state index contributed by atoms with van der Waals surface area (Å²) in [5, 5.41) is 0.665. The average Bonchev–Trinajstić information content (AvgIpc) is 2.73. The lowest BCUT2D eigenvalue weighted by Crippen LogP contribution is -2.12. The highest BCUT2D eigenvalue weighted by Crippen LogP contribution is 2.35. The number of ether oxygens (including phenoxy) is 2. The molecule has 0 radical (unpaired) electrons. The number of benzene rings is 2. The Balaban J connectivity index is 1.96. The molecule has 1 heterocycles. The van der Waals surface area contributed by atoms with Crippen LogP contribution in [0.2, 0.25) is 5.02 Å². The summed E-state index contributed by atoms with van der Waals surface area (Å²) in [6, 6.07) is 11.1. The average molecular weight is 369 g/mol. The molecule has 2 aromatic carbocycles. The summed E-state index contributed by atoms with van der Waals surface area (Å²) in [4.78, 5) is 0. The Bertz CT molecular complexity index is 663. The Hall–Kier alpha value is -1.23. The largest absolute Gasteiger partial charge is 0.490 e. The van der Waals surface area contributed by atoms with Crippen molar-refractivity contribution < 1.29 is 9.47 Å². The van der Waals surface area contributed by atoms with Crippen molar-refractivity contribution in [1.29, 1.82) is 0 Å². The summed E-state index contributed by atoms with van der Waals surface area (Å²) in [6.45, 7) is 1.34. The molecule has 0 amide bonds. The Morgan fingerprint density at radius 2 is 1.81 bits per heavy atom. The van der Waals surface area contributed by atoms with Gasteiger partial charge in [0.05, 0.1) is 19.3 Å². The van der Waals surface area contributed by atoms with Gasteiger partial charge in [-0.2, -0.15) is 0 Å². The van der Waals surface area contributed by atoms with E-state index < -0.39 is 0 Å². The van der Waals surface area contributed by atoms with Gasteiger partial charge in [-0.15, -0.1) is 0 Å². The van der Waals surface area contributed by atoms with Gasteiger partial charge in [-0.1, -0.05) is 33.6 Å². The third kappa shape index (κ3) is 3.18. The maximum Gasteiger partial charge on any atom is 0.161 e. The fraction of sp³-hybridized carbons (Fsp3) is 0.250. The first kappa shape index (κ1) is 14.7. The molecule has 110 valence electrons. The van der Waals surface area contributed by atoms with Crippen LogP contribution in [0.5, 0.6) is 11.5 Å². The van der Waals surface area contributed by atoms with Crippen LogP contribution in [-0.2, 0) is 0 Å². The van der Waals surface area contributed by atoms with Gasteiger partial charge in [0.15, 0.2) is 11.5 Å². The highest BCUT2D eigenvalue weighted by molar-refractivity contribution is 9.10. The van der Waals surface area contributed by atoms with Gasteiger partial charge in [-0.05, 0) is 41.5 Å². The van der Waals surface area contributed by atoms with Gasteiger partial charge in [0.1, 0.15) is 0 Å². The molecular weight excluding hydrogens is 354 g/mol. The van der Waals surface area contributed by atoms with Crippen LogP contribution in [0.1, 0.15) is 23.6 Å². The molecule has 5 heteroatoms. The number of rotatable bonds is 2. The highest BCUT2D eigenvalue weighted by atomic mass is 79.9. The van der Waals surface area contributed by atoms with E-state index in [0.717, 1.165) is 33.5 Å². The van der Waals surface area contributed by atoms with Crippen molar-refractivity contribution >= 4 is 27.5 Å². The molecule has 0 aliphatic carbocycles. The van der Waals surface area contributed by atoms with Gasteiger partial charge in [0.2, 0.25) is 0 Å². The van der Waals surface area contributed by atoms with Crippen LogP contribution in [0.4, 0.5) is 0 Å². The Morgan fingerprint density at radius 3 is 2.62 bits per heavy atom. The maximum atomic E-state index is 6.37. The van der Waals surface area contributed by atoms with Gasteiger partial charge >= 0.3 is 0 Å². The summed E-state index contributed by atoms with van der Waals surface area (Å²) in [5.41, 5.74) is 8.28. The molecule has 2 aromatic rings. The van der Waals surface area contributed by atoms with Crippen molar-refractivity contribution in [2.45, 2.75) is 12.5 Å². The second kappa shape index (κ2) is 6.26. The van der Waals surface area contributed by atoms with Crippen molar-refractivity contribution in [3.63, 3.8) is 0 Å².